The van der Waals surface area contributed by atoms with Gasteiger partial charge in [-0.3, -0.25) is 4.79 Å². The Morgan fingerprint density at radius 1 is 1.00 bits per heavy atom. The fraction of sp³-hybridized carbons (Fsp3) is 0.190. The van der Waals surface area contributed by atoms with E-state index in [4.69, 9.17) is 4.74 Å². The number of aromatic nitrogens is 2. The van der Waals surface area contributed by atoms with E-state index in [9.17, 15) is 4.79 Å². The highest BCUT2D eigenvalue weighted by Gasteiger charge is 2.10. The minimum absolute atomic E-state index is 0.237. The van der Waals surface area contributed by atoms with Gasteiger partial charge in [-0.2, -0.15) is 0 Å². The number of methoxy groups -OCH3 is 1. The summed E-state index contributed by atoms with van der Waals surface area (Å²) in [5.41, 5.74) is 5.35. The summed E-state index contributed by atoms with van der Waals surface area (Å²) < 4.78 is 5.15. The molecule has 2 aromatic carbocycles. The zero-order valence-electron chi connectivity index (χ0n) is 15.8. The number of anilines is 3. The van der Waals surface area contributed by atoms with Gasteiger partial charge in [0.25, 0.3) is 5.91 Å². The van der Waals surface area contributed by atoms with Crippen LogP contribution in [0.4, 0.5) is 17.2 Å². The normalized spacial score (nSPS) is 10.4. The summed E-state index contributed by atoms with van der Waals surface area (Å²) in [6.07, 6.45) is 3.01. The summed E-state index contributed by atoms with van der Waals surface area (Å²) in [4.78, 5) is 20.9. The molecule has 6 heteroatoms. The van der Waals surface area contributed by atoms with Crippen molar-refractivity contribution in [1.82, 2.24) is 9.97 Å². The maximum absolute atomic E-state index is 12.4. The summed E-state index contributed by atoms with van der Waals surface area (Å²) in [5, 5.41) is 6.06. The molecular weight excluding hydrogens is 340 g/mol. The maximum atomic E-state index is 12.4. The van der Waals surface area contributed by atoms with Crippen LogP contribution in [0, 0.1) is 20.8 Å². The second-order valence-electron chi connectivity index (χ2n) is 6.37. The second kappa shape index (κ2) is 7.86. The number of hydrogen-bond donors (Lipinski definition) is 2. The standard InChI is InChI=1S/C21H22N4O2/c1-13-8-14(2)20(15(3)9-13)25-19-12-22-18(11-23-19)21(26)24-16-6-5-7-17(10-16)27-4/h5-12H,1-4H3,(H,23,25)(H,24,26). The Kier molecular flexibility index (Phi) is 5.35. The van der Waals surface area contributed by atoms with Crippen LogP contribution in [0.2, 0.25) is 0 Å². The Bertz CT molecular complexity index is 945. The molecule has 0 spiro atoms. The molecule has 0 saturated heterocycles. The molecule has 0 fully saturated rings. The van der Waals surface area contributed by atoms with Crippen molar-refractivity contribution in [2.45, 2.75) is 20.8 Å². The molecule has 0 atom stereocenters. The molecule has 3 rings (SSSR count). The number of rotatable bonds is 5. The molecule has 1 aromatic heterocycles. The van der Waals surface area contributed by atoms with Crippen molar-refractivity contribution in [2.24, 2.45) is 0 Å². The lowest BCUT2D eigenvalue weighted by atomic mass is 10.1. The van der Waals surface area contributed by atoms with Crippen molar-refractivity contribution in [3.05, 3.63) is 71.2 Å². The molecule has 0 aliphatic heterocycles. The number of nitrogens with zero attached hydrogens (tertiary/aromatic N) is 2. The Hall–Kier alpha value is -3.41. The number of ether oxygens (including phenoxy) is 1. The lowest BCUT2D eigenvalue weighted by molar-refractivity contribution is 0.102. The molecule has 0 saturated carbocycles. The van der Waals surface area contributed by atoms with Gasteiger partial charge in [-0.15, -0.1) is 0 Å². The van der Waals surface area contributed by atoms with Crippen molar-refractivity contribution in [3.63, 3.8) is 0 Å². The highest BCUT2D eigenvalue weighted by atomic mass is 16.5. The Morgan fingerprint density at radius 2 is 1.74 bits per heavy atom. The first-order valence-electron chi connectivity index (χ1n) is 8.58. The lowest BCUT2D eigenvalue weighted by Gasteiger charge is -2.13. The van der Waals surface area contributed by atoms with Gasteiger partial charge in [0.2, 0.25) is 0 Å². The topological polar surface area (TPSA) is 76.1 Å². The largest absolute Gasteiger partial charge is 0.497 e. The van der Waals surface area contributed by atoms with E-state index in [2.05, 4.69) is 39.7 Å². The van der Waals surface area contributed by atoms with Crippen LogP contribution in [0.15, 0.2) is 48.8 Å². The quantitative estimate of drug-likeness (QED) is 0.703. The van der Waals surface area contributed by atoms with Crippen LogP contribution in [0.5, 0.6) is 5.75 Å². The predicted octanol–water partition coefficient (Wildman–Crippen LogP) is 4.41. The van der Waals surface area contributed by atoms with Crippen LogP contribution in [0.1, 0.15) is 27.2 Å². The van der Waals surface area contributed by atoms with Gasteiger partial charge in [0.15, 0.2) is 0 Å². The monoisotopic (exact) mass is 362 g/mol. The van der Waals surface area contributed by atoms with Crippen LogP contribution in [-0.2, 0) is 0 Å². The molecule has 0 bridgehead atoms. The van der Waals surface area contributed by atoms with Gasteiger partial charge < -0.3 is 15.4 Å². The first-order chi connectivity index (χ1) is 13.0. The molecule has 1 heterocycles. The molecule has 1 amide bonds. The second-order valence-corrected chi connectivity index (χ2v) is 6.37. The summed E-state index contributed by atoms with van der Waals surface area (Å²) >= 11 is 0. The third kappa shape index (κ3) is 4.41. The average Bonchev–Trinajstić information content (AvgIpc) is 2.65. The van der Waals surface area contributed by atoms with Gasteiger partial charge in [-0.05, 0) is 44.0 Å². The molecule has 138 valence electrons. The molecule has 2 N–H and O–H groups in total. The van der Waals surface area contributed by atoms with E-state index in [1.807, 2.05) is 19.9 Å². The van der Waals surface area contributed by atoms with E-state index in [0.29, 0.717) is 17.3 Å². The summed E-state index contributed by atoms with van der Waals surface area (Å²) in [5.74, 6) is 0.926. The van der Waals surface area contributed by atoms with E-state index in [1.54, 1.807) is 31.5 Å². The van der Waals surface area contributed by atoms with Crippen molar-refractivity contribution < 1.29 is 9.53 Å². The molecule has 6 nitrogen and oxygen atoms in total. The van der Waals surface area contributed by atoms with Crippen molar-refractivity contribution in [2.75, 3.05) is 17.7 Å². The van der Waals surface area contributed by atoms with Gasteiger partial charge in [-0.1, -0.05) is 23.8 Å². The Morgan fingerprint density at radius 3 is 2.37 bits per heavy atom. The van der Waals surface area contributed by atoms with E-state index >= 15 is 0 Å². The summed E-state index contributed by atoms with van der Waals surface area (Å²) in [6.45, 7) is 6.16. The number of nitrogens with one attached hydrogen (secondary N) is 2. The zero-order valence-corrected chi connectivity index (χ0v) is 15.8. The molecule has 0 unspecified atom stereocenters. The number of hydrogen-bond acceptors (Lipinski definition) is 5. The van der Waals surface area contributed by atoms with Gasteiger partial charge >= 0.3 is 0 Å². The van der Waals surface area contributed by atoms with E-state index in [0.717, 1.165) is 16.8 Å². The minimum Gasteiger partial charge on any atom is -0.497 e. The average molecular weight is 362 g/mol. The maximum Gasteiger partial charge on any atom is 0.275 e. The minimum atomic E-state index is -0.329. The number of aryl methyl sites for hydroxylation is 3. The Balaban J connectivity index is 1.72. The number of carbonyl (C=O) groups is 1. The van der Waals surface area contributed by atoms with Gasteiger partial charge in [0.05, 0.1) is 19.5 Å². The highest BCUT2D eigenvalue weighted by molar-refractivity contribution is 6.02. The van der Waals surface area contributed by atoms with E-state index in [-0.39, 0.29) is 11.6 Å². The van der Waals surface area contributed by atoms with Crippen LogP contribution in [0.25, 0.3) is 0 Å². The van der Waals surface area contributed by atoms with Crippen LogP contribution in [-0.4, -0.2) is 23.0 Å². The molecule has 3 aromatic rings. The molecular formula is C21H22N4O2. The third-order valence-corrected chi connectivity index (χ3v) is 4.14. The van der Waals surface area contributed by atoms with Crippen LogP contribution in [0.3, 0.4) is 0 Å². The molecule has 0 aliphatic rings. The first kappa shape index (κ1) is 18.4. The molecule has 0 radical (unpaired) electrons. The van der Waals surface area contributed by atoms with Crippen molar-refractivity contribution >= 4 is 23.1 Å². The van der Waals surface area contributed by atoms with Gasteiger partial charge in [0, 0.05) is 17.4 Å². The third-order valence-electron chi connectivity index (χ3n) is 4.14. The number of amides is 1. The predicted molar refractivity (Wildman–Crippen MR) is 107 cm³/mol. The van der Waals surface area contributed by atoms with Crippen molar-refractivity contribution in [1.29, 1.82) is 0 Å². The summed E-state index contributed by atoms with van der Waals surface area (Å²) in [6, 6.07) is 11.4. The highest BCUT2D eigenvalue weighted by Crippen LogP contribution is 2.25. The summed E-state index contributed by atoms with van der Waals surface area (Å²) in [7, 11) is 1.58. The molecule has 0 aliphatic carbocycles. The number of carbonyl (C=O) groups excluding carboxylic acids is 1. The first-order valence-corrected chi connectivity index (χ1v) is 8.58. The zero-order chi connectivity index (χ0) is 19.4. The number of benzene rings is 2. The van der Waals surface area contributed by atoms with E-state index in [1.165, 1.54) is 11.8 Å². The molecule has 27 heavy (non-hydrogen) atoms. The fourth-order valence-corrected chi connectivity index (χ4v) is 2.91. The lowest BCUT2D eigenvalue weighted by Crippen LogP contribution is -2.14. The smallest absolute Gasteiger partial charge is 0.275 e. The Labute approximate surface area is 158 Å². The van der Waals surface area contributed by atoms with Gasteiger partial charge in [0.1, 0.15) is 17.3 Å². The SMILES string of the molecule is COc1cccc(NC(=O)c2cnc(Nc3c(C)cc(C)cc3C)cn2)c1. The van der Waals surface area contributed by atoms with Crippen LogP contribution >= 0.6 is 0 Å². The van der Waals surface area contributed by atoms with E-state index < -0.39 is 0 Å². The van der Waals surface area contributed by atoms with Crippen molar-refractivity contribution in [3.8, 4) is 5.75 Å². The van der Waals surface area contributed by atoms with Crippen LogP contribution < -0.4 is 15.4 Å². The fourth-order valence-electron chi connectivity index (χ4n) is 2.91. The van der Waals surface area contributed by atoms with Gasteiger partial charge in [-0.25, -0.2) is 9.97 Å².